The number of carboxylic acid groups (broad SMARTS) is 1. The summed E-state index contributed by atoms with van der Waals surface area (Å²) in [4.78, 5) is 53.2. The Kier molecular flexibility index (Phi) is 16.2. The molecule has 0 aromatic rings. The van der Waals surface area contributed by atoms with Crippen LogP contribution in [0.5, 0.6) is 0 Å². The molecule has 0 heterocycles. The van der Waals surface area contributed by atoms with Crippen LogP contribution in [-0.2, 0) is 19.2 Å². The lowest BCUT2D eigenvalue weighted by molar-refractivity contribution is -0.142. The van der Waals surface area contributed by atoms with Gasteiger partial charge in [-0.25, -0.2) is 4.79 Å². The number of nitrogens with one attached hydrogen (secondary N) is 3. The van der Waals surface area contributed by atoms with E-state index in [0.29, 0.717) is 25.0 Å². The Bertz CT molecular complexity index is 705. The molecule has 0 saturated heterocycles. The zero-order valence-electron chi connectivity index (χ0n) is 20.0. The van der Waals surface area contributed by atoms with Crippen molar-refractivity contribution in [1.82, 2.24) is 16.0 Å². The monoisotopic (exact) mass is 521 g/mol. The number of nitrogens with zero attached hydrogens (tertiary/aromatic N) is 1. The number of hydrogen-bond acceptors (Lipinski definition) is 8. The van der Waals surface area contributed by atoms with Crippen molar-refractivity contribution in [3.8, 4) is 0 Å². The SMILES string of the molecule is CSCCC(NC(=O)C(N)CC(C)C)C(=O)NC(CS)C(=O)NC(CCCN=C(N)N)C(=O)O. The van der Waals surface area contributed by atoms with E-state index in [9.17, 15) is 24.3 Å². The molecule has 0 spiro atoms. The molecule has 0 aromatic carbocycles. The van der Waals surface area contributed by atoms with Crippen molar-refractivity contribution in [2.24, 2.45) is 28.1 Å². The van der Waals surface area contributed by atoms with Crippen LogP contribution in [0.2, 0.25) is 0 Å². The van der Waals surface area contributed by atoms with Gasteiger partial charge in [0.25, 0.3) is 0 Å². The standard InChI is InChI=1S/C20H39N7O5S2/c1-11(2)9-12(21)16(28)25-13(6-8-34-3)17(29)27-15(10-33)18(30)26-14(19(31)32)5-4-7-24-20(22)23/h11-15,33H,4-10,21H2,1-3H3,(H,25,28)(H,26,30)(H,27,29)(H,31,32)(H4,22,23,24). The molecular formula is C20H39N7O5S2. The topological polar surface area (TPSA) is 215 Å². The van der Waals surface area contributed by atoms with E-state index in [0.717, 1.165) is 0 Å². The highest BCUT2D eigenvalue weighted by molar-refractivity contribution is 7.98. The van der Waals surface area contributed by atoms with Crippen LogP contribution in [0.1, 0.15) is 39.5 Å². The van der Waals surface area contributed by atoms with E-state index in [1.165, 1.54) is 11.8 Å². The van der Waals surface area contributed by atoms with Gasteiger partial charge in [-0.3, -0.25) is 19.4 Å². The fourth-order valence-electron chi connectivity index (χ4n) is 2.90. The van der Waals surface area contributed by atoms with Crippen molar-refractivity contribution in [2.75, 3.05) is 24.3 Å². The maximum Gasteiger partial charge on any atom is 0.326 e. The smallest absolute Gasteiger partial charge is 0.326 e. The Hall–Kier alpha value is -2.19. The summed E-state index contributed by atoms with van der Waals surface area (Å²) in [6.45, 7) is 4.09. The van der Waals surface area contributed by atoms with Crippen LogP contribution in [0.15, 0.2) is 4.99 Å². The molecule has 14 heteroatoms. The van der Waals surface area contributed by atoms with E-state index in [1.54, 1.807) is 0 Å². The first-order valence-electron chi connectivity index (χ1n) is 11.0. The van der Waals surface area contributed by atoms with Crippen molar-refractivity contribution in [1.29, 1.82) is 0 Å². The van der Waals surface area contributed by atoms with Crippen LogP contribution in [-0.4, -0.2) is 83.2 Å². The molecule has 34 heavy (non-hydrogen) atoms. The molecule has 0 rings (SSSR count). The third kappa shape index (κ3) is 13.5. The summed E-state index contributed by atoms with van der Waals surface area (Å²) < 4.78 is 0. The molecule has 0 aromatic heterocycles. The molecule has 3 amide bonds. The molecule has 4 atom stereocenters. The van der Waals surface area contributed by atoms with Gasteiger partial charge >= 0.3 is 5.97 Å². The predicted octanol–water partition coefficient (Wildman–Crippen LogP) is -1.36. The van der Waals surface area contributed by atoms with E-state index in [-0.39, 0.29) is 30.6 Å². The van der Waals surface area contributed by atoms with E-state index >= 15 is 0 Å². The van der Waals surface area contributed by atoms with E-state index in [1.807, 2.05) is 20.1 Å². The Morgan fingerprint density at radius 2 is 1.53 bits per heavy atom. The summed E-state index contributed by atoms with van der Waals surface area (Å²) in [6.07, 6.45) is 3.07. The Balaban J connectivity index is 5.15. The quantitative estimate of drug-likeness (QED) is 0.0490. The zero-order chi connectivity index (χ0) is 26.3. The summed E-state index contributed by atoms with van der Waals surface area (Å²) >= 11 is 5.61. The molecule has 12 nitrogen and oxygen atoms in total. The molecule has 4 unspecified atom stereocenters. The Morgan fingerprint density at radius 1 is 0.971 bits per heavy atom. The van der Waals surface area contributed by atoms with Crippen LogP contribution in [0.4, 0.5) is 0 Å². The number of thioether (sulfide) groups is 1. The fraction of sp³-hybridized carbons (Fsp3) is 0.750. The number of nitrogens with two attached hydrogens (primary N) is 3. The number of rotatable bonds is 17. The number of thiol groups is 1. The number of carboxylic acids is 1. The van der Waals surface area contributed by atoms with Crippen molar-refractivity contribution in [3.05, 3.63) is 0 Å². The second-order valence-corrected chi connectivity index (χ2v) is 9.52. The van der Waals surface area contributed by atoms with Gasteiger partial charge in [0, 0.05) is 12.3 Å². The third-order valence-corrected chi connectivity index (χ3v) is 5.69. The lowest BCUT2D eigenvalue weighted by Gasteiger charge is -2.24. The highest BCUT2D eigenvalue weighted by atomic mass is 32.2. The molecule has 0 bridgehead atoms. The summed E-state index contributed by atoms with van der Waals surface area (Å²) in [5.41, 5.74) is 16.4. The molecule has 196 valence electrons. The third-order valence-electron chi connectivity index (χ3n) is 4.68. The van der Waals surface area contributed by atoms with Crippen LogP contribution in [0.25, 0.3) is 0 Å². The summed E-state index contributed by atoms with van der Waals surface area (Å²) in [5, 5.41) is 17.0. The highest BCUT2D eigenvalue weighted by Crippen LogP contribution is 2.06. The molecule has 0 radical (unpaired) electrons. The van der Waals surface area contributed by atoms with Crippen LogP contribution in [0, 0.1) is 5.92 Å². The lowest BCUT2D eigenvalue weighted by atomic mass is 10.0. The maximum absolute atomic E-state index is 12.9. The molecule has 0 aliphatic carbocycles. The van der Waals surface area contributed by atoms with Gasteiger partial charge < -0.3 is 38.3 Å². The van der Waals surface area contributed by atoms with E-state index in [4.69, 9.17) is 17.2 Å². The largest absolute Gasteiger partial charge is 0.480 e. The number of amides is 3. The number of carbonyl (C=O) groups excluding carboxylic acids is 3. The molecule has 0 aliphatic heterocycles. The molecule has 0 fully saturated rings. The summed E-state index contributed by atoms with van der Waals surface area (Å²) in [6, 6.07) is -3.96. The van der Waals surface area contributed by atoms with Gasteiger partial charge in [-0.1, -0.05) is 13.8 Å². The lowest BCUT2D eigenvalue weighted by Crippen LogP contribution is -2.57. The average molecular weight is 522 g/mol. The van der Waals surface area contributed by atoms with Crippen molar-refractivity contribution in [3.63, 3.8) is 0 Å². The summed E-state index contributed by atoms with van der Waals surface area (Å²) in [5.74, 6) is -2.35. The zero-order valence-corrected chi connectivity index (χ0v) is 21.7. The minimum Gasteiger partial charge on any atom is -0.480 e. The normalized spacial score (nSPS) is 14.4. The summed E-state index contributed by atoms with van der Waals surface area (Å²) in [7, 11) is 0. The average Bonchev–Trinajstić information content (AvgIpc) is 2.75. The van der Waals surface area contributed by atoms with Gasteiger partial charge in [0.05, 0.1) is 6.04 Å². The maximum atomic E-state index is 12.9. The molecular weight excluding hydrogens is 482 g/mol. The van der Waals surface area contributed by atoms with Gasteiger partial charge in [0.15, 0.2) is 5.96 Å². The van der Waals surface area contributed by atoms with Crippen molar-refractivity contribution < 1.29 is 24.3 Å². The van der Waals surface area contributed by atoms with Crippen molar-refractivity contribution in [2.45, 2.75) is 63.7 Å². The minimum absolute atomic E-state index is 0.0754. The second kappa shape index (κ2) is 17.3. The minimum atomic E-state index is -1.23. The number of carbonyl (C=O) groups is 4. The van der Waals surface area contributed by atoms with Gasteiger partial charge in [0.2, 0.25) is 17.7 Å². The Labute approximate surface area is 210 Å². The van der Waals surface area contributed by atoms with Crippen LogP contribution < -0.4 is 33.2 Å². The van der Waals surface area contributed by atoms with Gasteiger partial charge in [-0.2, -0.15) is 24.4 Å². The number of aliphatic carboxylic acids is 1. The first-order valence-corrected chi connectivity index (χ1v) is 13.0. The first kappa shape index (κ1) is 31.8. The second-order valence-electron chi connectivity index (χ2n) is 8.17. The molecule has 0 saturated carbocycles. The van der Waals surface area contributed by atoms with Crippen LogP contribution in [0.3, 0.4) is 0 Å². The highest BCUT2D eigenvalue weighted by Gasteiger charge is 2.29. The number of hydrogen-bond donors (Lipinski definition) is 8. The predicted molar refractivity (Wildman–Crippen MR) is 138 cm³/mol. The molecule has 10 N–H and O–H groups in total. The first-order chi connectivity index (χ1) is 15.9. The molecule has 0 aliphatic rings. The van der Waals surface area contributed by atoms with E-state index in [2.05, 4.69) is 33.6 Å². The van der Waals surface area contributed by atoms with Gasteiger partial charge in [-0.15, -0.1) is 0 Å². The van der Waals surface area contributed by atoms with Gasteiger partial charge in [-0.05, 0) is 43.6 Å². The Morgan fingerprint density at radius 3 is 2.03 bits per heavy atom. The van der Waals surface area contributed by atoms with E-state index < -0.39 is 47.9 Å². The van der Waals surface area contributed by atoms with Crippen LogP contribution >= 0.6 is 24.4 Å². The number of guanidine groups is 1. The van der Waals surface area contributed by atoms with Crippen molar-refractivity contribution >= 4 is 54.0 Å². The number of aliphatic imine (C=N–C) groups is 1. The van der Waals surface area contributed by atoms with Gasteiger partial charge in [0.1, 0.15) is 18.1 Å². The fourth-order valence-corrected chi connectivity index (χ4v) is 3.63.